The minimum atomic E-state index is 0.234. The van der Waals surface area contributed by atoms with Gasteiger partial charge in [0.05, 0.1) is 13.7 Å². The van der Waals surface area contributed by atoms with Crippen LogP contribution in [0.4, 0.5) is 0 Å². The highest BCUT2D eigenvalue weighted by Crippen LogP contribution is 2.18. The number of hydrogen-bond acceptors (Lipinski definition) is 7. The quantitative estimate of drug-likeness (QED) is 0.509. The van der Waals surface area contributed by atoms with Gasteiger partial charge in [0, 0.05) is 11.6 Å². The van der Waals surface area contributed by atoms with Crippen LogP contribution in [-0.4, -0.2) is 42.3 Å². The number of hydrogen-bond donors (Lipinski definition) is 0. The maximum Gasteiger partial charge on any atom is 0.240 e. The molecule has 0 spiro atoms. The van der Waals surface area contributed by atoms with Crippen LogP contribution >= 0.6 is 11.6 Å². The molecule has 0 atom stereocenters. The lowest BCUT2D eigenvalue weighted by molar-refractivity contribution is 0.212. The van der Waals surface area contributed by atoms with E-state index in [4.69, 9.17) is 30.3 Å². The Hall–Kier alpha value is -2.77. The summed E-state index contributed by atoms with van der Waals surface area (Å²) in [6.07, 6.45) is 0. The molecular weight excluding hydrogens is 382 g/mol. The Balaban J connectivity index is 1.40. The van der Waals surface area contributed by atoms with Crippen molar-refractivity contribution in [3.05, 3.63) is 65.3 Å². The Morgan fingerprint density at radius 1 is 1.04 bits per heavy atom. The van der Waals surface area contributed by atoms with E-state index in [1.54, 1.807) is 13.2 Å². The summed E-state index contributed by atoms with van der Waals surface area (Å²) >= 11 is 5.94. The summed E-state index contributed by atoms with van der Waals surface area (Å²) in [5.41, 5.74) is 0. The Kier molecular flexibility index (Phi) is 7.11. The van der Waals surface area contributed by atoms with Gasteiger partial charge >= 0.3 is 0 Å². The lowest BCUT2D eigenvalue weighted by Crippen LogP contribution is -2.24. The summed E-state index contributed by atoms with van der Waals surface area (Å²) < 4.78 is 21.7. The van der Waals surface area contributed by atoms with Crippen LogP contribution in [-0.2, 0) is 13.2 Å². The van der Waals surface area contributed by atoms with E-state index in [1.165, 1.54) is 0 Å². The maximum atomic E-state index is 5.94. The number of methoxy groups -OCH3 is 1. The maximum absolute atomic E-state index is 5.94. The lowest BCUT2D eigenvalue weighted by atomic mass is 10.3. The zero-order valence-electron chi connectivity index (χ0n) is 15.8. The van der Waals surface area contributed by atoms with Crippen molar-refractivity contribution < 1.29 is 18.7 Å². The normalized spacial score (nSPS) is 10.9. The number of aromatic nitrogens is 2. The number of halogens is 1. The second-order valence-corrected chi connectivity index (χ2v) is 6.55. The van der Waals surface area contributed by atoms with E-state index in [0.29, 0.717) is 42.2 Å². The van der Waals surface area contributed by atoms with E-state index < -0.39 is 0 Å². The molecule has 0 saturated heterocycles. The molecule has 148 valence electrons. The molecule has 8 heteroatoms. The van der Waals surface area contributed by atoms with Gasteiger partial charge in [-0.25, -0.2) is 0 Å². The van der Waals surface area contributed by atoms with Crippen molar-refractivity contribution in [2.75, 3.05) is 27.3 Å². The van der Waals surface area contributed by atoms with Crippen LogP contribution in [0, 0.1) is 0 Å². The number of ether oxygens (including phenoxy) is 3. The van der Waals surface area contributed by atoms with Crippen LogP contribution < -0.4 is 14.2 Å². The largest absolute Gasteiger partial charge is 0.497 e. The standard InChI is InChI=1S/C20H22ClN3O4/c1-24(10-11-26-18-5-3-4-15(21)12-18)13-20-22-19(23-28-20)14-27-17-8-6-16(25-2)7-9-17/h3-9,12H,10-11,13-14H2,1-2H3. The van der Waals surface area contributed by atoms with Gasteiger partial charge in [-0.2, -0.15) is 4.98 Å². The molecule has 0 unspecified atom stereocenters. The van der Waals surface area contributed by atoms with Crippen molar-refractivity contribution in [2.24, 2.45) is 0 Å². The predicted molar refractivity (Wildman–Crippen MR) is 105 cm³/mol. The van der Waals surface area contributed by atoms with Crippen LogP contribution in [0.2, 0.25) is 5.02 Å². The Morgan fingerprint density at radius 3 is 2.57 bits per heavy atom. The molecule has 3 rings (SSSR count). The monoisotopic (exact) mass is 403 g/mol. The zero-order valence-corrected chi connectivity index (χ0v) is 16.6. The molecule has 3 aromatic rings. The number of benzene rings is 2. The van der Waals surface area contributed by atoms with Crippen molar-refractivity contribution in [1.82, 2.24) is 15.0 Å². The summed E-state index contributed by atoms with van der Waals surface area (Å²) in [6, 6.07) is 14.6. The SMILES string of the molecule is COc1ccc(OCc2noc(CN(C)CCOc3cccc(Cl)c3)n2)cc1. The van der Waals surface area contributed by atoms with Gasteiger partial charge in [-0.15, -0.1) is 0 Å². The minimum absolute atomic E-state index is 0.234. The minimum Gasteiger partial charge on any atom is -0.497 e. The average molecular weight is 404 g/mol. The third-order valence-electron chi connectivity index (χ3n) is 3.88. The number of nitrogens with zero attached hydrogens (tertiary/aromatic N) is 3. The Morgan fingerprint density at radius 2 is 1.82 bits per heavy atom. The van der Waals surface area contributed by atoms with Gasteiger partial charge in [-0.1, -0.05) is 22.8 Å². The lowest BCUT2D eigenvalue weighted by Gasteiger charge is -2.14. The fraction of sp³-hybridized carbons (Fsp3) is 0.300. The van der Waals surface area contributed by atoms with Gasteiger partial charge in [0.1, 0.15) is 23.9 Å². The van der Waals surface area contributed by atoms with Gasteiger partial charge in [-0.3, -0.25) is 4.90 Å². The molecule has 28 heavy (non-hydrogen) atoms. The van der Waals surface area contributed by atoms with Gasteiger partial charge in [0.2, 0.25) is 11.7 Å². The molecule has 1 aromatic heterocycles. The Labute approximate surface area is 168 Å². The van der Waals surface area contributed by atoms with Crippen molar-refractivity contribution in [1.29, 1.82) is 0 Å². The van der Waals surface area contributed by atoms with E-state index in [-0.39, 0.29) is 6.61 Å². The van der Waals surface area contributed by atoms with Crippen LogP contribution in [0.15, 0.2) is 53.1 Å². The summed E-state index contributed by atoms with van der Waals surface area (Å²) in [4.78, 5) is 6.38. The molecule has 1 heterocycles. The molecule has 0 N–H and O–H groups in total. The van der Waals surface area contributed by atoms with Crippen LogP contribution in [0.25, 0.3) is 0 Å². The fourth-order valence-corrected chi connectivity index (χ4v) is 2.60. The van der Waals surface area contributed by atoms with E-state index in [0.717, 1.165) is 11.5 Å². The van der Waals surface area contributed by atoms with Crippen molar-refractivity contribution >= 4 is 11.6 Å². The van der Waals surface area contributed by atoms with Crippen molar-refractivity contribution in [3.8, 4) is 17.2 Å². The highest BCUT2D eigenvalue weighted by Gasteiger charge is 2.10. The van der Waals surface area contributed by atoms with Gasteiger partial charge in [0.15, 0.2) is 6.61 Å². The van der Waals surface area contributed by atoms with Crippen molar-refractivity contribution in [2.45, 2.75) is 13.2 Å². The molecule has 0 aliphatic rings. The predicted octanol–water partition coefficient (Wildman–Crippen LogP) is 3.82. The topological polar surface area (TPSA) is 69.9 Å². The summed E-state index contributed by atoms with van der Waals surface area (Å²) in [5, 5.41) is 4.60. The summed E-state index contributed by atoms with van der Waals surface area (Å²) in [7, 11) is 3.58. The van der Waals surface area contributed by atoms with E-state index in [9.17, 15) is 0 Å². The van der Waals surface area contributed by atoms with Crippen molar-refractivity contribution in [3.63, 3.8) is 0 Å². The second kappa shape index (κ2) is 9.96. The van der Waals surface area contributed by atoms with E-state index in [1.807, 2.05) is 54.4 Å². The highest BCUT2D eigenvalue weighted by atomic mass is 35.5. The van der Waals surface area contributed by atoms with Crippen LogP contribution in [0.3, 0.4) is 0 Å². The molecule has 0 bridgehead atoms. The van der Waals surface area contributed by atoms with E-state index >= 15 is 0 Å². The van der Waals surface area contributed by atoms with E-state index in [2.05, 4.69) is 10.1 Å². The first-order valence-corrected chi connectivity index (χ1v) is 9.15. The first-order valence-electron chi connectivity index (χ1n) is 8.77. The molecule has 0 radical (unpaired) electrons. The summed E-state index contributed by atoms with van der Waals surface area (Å²) in [5.74, 6) is 3.25. The smallest absolute Gasteiger partial charge is 0.240 e. The second-order valence-electron chi connectivity index (χ2n) is 6.11. The third kappa shape index (κ3) is 6.14. The molecule has 0 aliphatic heterocycles. The number of rotatable bonds is 10. The third-order valence-corrected chi connectivity index (χ3v) is 4.12. The average Bonchev–Trinajstić information content (AvgIpc) is 3.14. The summed E-state index contributed by atoms with van der Waals surface area (Å²) in [6.45, 7) is 1.98. The highest BCUT2D eigenvalue weighted by molar-refractivity contribution is 6.30. The first kappa shape index (κ1) is 20.0. The molecule has 0 aliphatic carbocycles. The van der Waals surface area contributed by atoms with Crippen LogP contribution in [0.1, 0.15) is 11.7 Å². The number of likely N-dealkylation sites (N-methyl/N-ethyl adjacent to an activating group) is 1. The van der Waals surface area contributed by atoms with Gasteiger partial charge in [0.25, 0.3) is 0 Å². The molecular formula is C20H22ClN3O4. The Bertz CT molecular complexity index is 870. The zero-order chi connectivity index (χ0) is 19.8. The molecule has 0 amide bonds. The molecule has 0 saturated carbocycles. The fourth-order valence-electron chi connectivity index (χ4n) is 2.42. The molecule has 7 nitrogen and oxygen atoms in total. The molecule has 2 aromatic carbocycles. The van der Waals surface area contributed by atoms with Gasteiger partial charge < -0.3 is 18.7 Å². The molecule has 0 fully saturated rings. The van der Waals surface area contributed by atoms with Crippen LogP contribution in [0.5, 0.6) is 17.2 Å². The van der Waals surface area contributed by atoms with Gasteiger partial charge in [-0.05, 0) is 49.5 Å². The first-order chi connectivity index (χ1) is 13.6.